The molecular weight excluding hydrogens is 362 g/mol. The summed E-state index contributed by atoms with van der Waals surface area (Å²) in [6, 6.07) is 17.3. The molecule has 148 valence electrons. The van der Waals surface area contributed by atoms with Crippen LogP contribution in [0.15, 0.2) is 54.7 Å². The number of nitrogen functional groups attached to an aromatic ring is 1. The summed E-state index contributed by atoms with van der Waals surface area (Å²) in [5.41, 5.74) is 11.6. The Morgan fingerprint density at radius 2 is 2.00 bits per heavy atom. The Bertz CT molecular complexity index is 1030. The van der Waals surface area contributed by atoms with E-state index in [0.29, 0.717) is 11.7 Å². The Morgan fingerprint density at radius 1 is 1.17 bits per heavy atom. The smallest absolute Gasteiger partial charge is 0.273 e. The number of hydrogen-bond donors (Lipinski definition) is 3. The summed E-state index contributed by atoms with van der Waals surface area (Å²) in [6.45, 7) is 0.783. The molecule has 1 aromatic heterocycles. The van der Waals surface area contributed by atoms with Crippen LogP contribution in [0.3, 0.4) is 0 Å². The van der Waals surface area contributed by atoms with Gasteiger partial charge in [0.1, 0.15) is 0 Å². The van der Waals surface area contributed by atoms with E-state index in [1.165, 1.54) is 16.7 Å². The van der Waals surface area contributed by atoms with Crippen LogP contribution >= 0.6 is 0 Å². The number of aryl methyl sites for hydroxylation is 1. The lowest BCUT2D eigenvalue weighted by molar-refractivity contribution is 0.0959. The fraction of sp³-hybridized carbons (Fsp3) is 0.261. The van der Waals surface area contributed by atoms with Crippen LogP contribution in [0.25, 0.3) is 11.3 Å². The van der Waals surface area contributed by atoms with E-state index in [4.69, 9.17) is 5.73 Å². The third kappa shape index (κ3) is 4.27. The van der Waals surface area contributed by atoms with Gasteiger partial charge in [0, 0.05) is 25.2 Å². The first-order valence-corrected chi connectivity index (χ1v) is 9.88. The van der Waals surface area contributed by atoms with E-state index in [2.05, 4.69) is 57.0 Å². The van der Waals surface area contributed by atoms with E-state index in [-0.39, 0.29) is 17.4 Å². The summed E-state index contributed by atoms with van der Waals surface area (Å²) in [6.07, 6.45) is 4.94. The Kier molecular flexibility index (Phi) is 5.53. The van der Waals surface area contributed by atoms with Gasteiger partial charge < -0.3 is 16.4 Å². The lowest BCUT2D eigenvalue weighted by atomic mass is 9.88. The van der Waals surface area contributed by atoms with Gasteiger partial charge in [0.25, 0.3) is 5.91 Å². The van der Waals surface area contributed by atoms with Crippen LogP contribution in [0.5, 0.6) is 0 Å². The normalized spacial score (nSPS) is 15.6. The van der Waals surface area contributed by atoms with Gasteiger partial charge in [-0.3, -0.25) is 4.79 Å². The predicted octanol–water partition coefficient (Wildman–Crippen LogP) is 2.73. The Labute approximate surface area is 170 Å². The Morgan fingerprint density at radius 3 is 2.83 bits per heavy atom. The van der Waals surface area contributed by atoms with E-state index in [0.717, 1.165) is 31.4 Å². The molecule has 1 aliphatic carbocycles. The molecule has 3 aromatic rings. The quantitative estimate of drug-likeness (QED) is 0.626. The number of carbonyl (C=O) groups is 1. The minimum atomic E-state index is -0.341. The van der Waals surface area contributed by atoms with Crippen LogP contribution in [0.4, 0.5) is 5.82 Å². The number of nitrogens with two attached hydrogens (primary N) is 1. The van der Waals surface area contributed by atoms with Crippen molar-refractivity contribution in [1.82, 2.24) is 20.6 Å². The van der Waals surface area contributed by atoms with Crippen molar-refractivity contribution >= 4 is 11.7 Å². The molecule has 1 aliphatic rings. The van der Waals surface area contributed by atoms with Crippen molar-refractivity contribution < 1.29 is 4.79 Å². The largest absolute Gasteiger partial charge is 0.382 e. The molecule has 0 fully saturated rings. The second kappa shape index (κ2) is 8.41. The number of rotatable bonds is 5. The summed E-state index contributed by atoms with van der Waals surface area (Å²) in [5.74, 6) is -0.212. The molecule has 1 amide bonds. The first kappa shape index (κ1) is 19.1. The summed E-state index contributed by atoms with van der Waals surface area (Å²) < 4.78 is 0. The van der Waals surface area contributed by atoms with Gasteiger partial charge in [-0.15, -0.1) is 0 Å². The van der Waals surface area contributed by atoms with E-state index in [1.54, 1.807) is 13.2 Å². The van der Waals surface area contributed by atoms with Crippen LogP contribution in [-0.4, -0.2) is 29.0 Å². The molecule has 0 radical (unpaired) electrons. The van der Waals surface area contributed by atoms with Gasteiger partial charge >= 0.3 is 0 Å². The highest BCUT2D eigenvalue weighted by Gasteiger charge is 2.18. The predicted molar refractivity (Wildman–Crippen MR) is 114 cm³/mol. The number of fused-ring (bicyclic) bond motifs is 1. The first-order chi connectivity index (χ1) is 14.1. The Hall–Kier alpha value is -3.25. The van der Waals surface area contributed by atoms with E-state index in [9.17, 15) is 4.79 Å². The molecular formula is C23H25N5O. The molecule has 0 saturated heterocycles. The van der Waals surface area contributed by atoms with Crippen LogP contribution in [0.1, 0.15) is 33.6 Å². The van der Waals surface area contributed by atoms with Crippen molar-refractivity contribution in [3.8, 4) is 11.3 Å². The van der Waals surface area contributed by atoms with Crippen LogP contribution in [0, 0.1) is 0 Å². The molecule has 6 heteroatoms. The maximum absolute atomic E-state index is 11.9. The van der Waals surface area contributed by atoms with Gasteiger partial charge in [-0.05, 0) is 42.0 Å². The minimum absolute atomic E-state index is 0.128. The Balaban J connectivity index is 1.46. The molecule has 0 bridgehead atoms. The molecule has 0 aliphatic heterocycles. The maximum Gasteiger partial charge on any atom is 0.273 e. The third-order valence-corrected chi connectivity index (χ3v) is 5.41. The molecule has 2 aromatic carbocycles. The second-order valence-corrected chi connectivity index (χ2v) is 7.36. The first-order valence-electron chi connectivity index (χ1n) is 9.88. The standard InChI is InChI=1S/C23H25N5O/c1-25-23(29)21-22(24)27-14-20(28-21)18-8-4-5-15(11-18)13-26-19-10-9-16-6-2-3-7-17(16)12-19/h2-8,11,14,19,26H,9-10,12-13H2,1H3,(H2,24,27)(H,25,29)/t19-/m1/s1. The van der Waals surface area contributed by atoms with Gasteiger partial charge in [-0.1, -0.05) is 42.5 Å². The molecule has 0 saturated carbocycles. The van der Waals surface area contributed by atoms with E-state index < -0.39 is 0 Å². The van der Waals surface area contributed by atoms with Crippen LogP contribution < -0.4 is 16.4 Å². The molecule has 6 nitrogen and oxygen atoms in total. The number of amides is 1. The zero-order chi connectivity index (χ0) is 20.2. The highest BCUT2D eigenvalue weighted by Crippen LogP contribution is 2.23. The number of anilines is 1. The maximum atomic E-state index is 11.9. The molecule has 4 rings (SSSR count). The van der Waals surface area contributed by atoms with Crippen LogP contribution in [0.2, 0.25) is 0 Å². The summed E-state index contributed by atoms with van der Waals surface area (Å²) >= 11 is 0. The highest BCUT2D eigenvalue weighted by atomic mass is 16.1. The highest BCUT2D eigenvalue weighted by molar-refractivity contribution is 5.96. The summed E-state index contributed by atoms with van der Waals surface area (Å²) in [5, 5.41) is 6.23. The van der Waals surface area contributed by atoms with Crippen molar-refractivity contribution in [3.05, 3.63) is 77.1 Å². The van der Waals surface area contributed by atoms with Crippen molar-refractivity contribution in [2.45, 2.75) is 31.8 Å². The number of aromatic nitrogens is 2. The van der Waals surface area contributed by atoms with Crippen LogP contribution in [-0.2, 0) is 19.4 Å². The summed E-state index contributed by atoms with van der Waals surface area (Å²) in [7, 11) is 1.55. The topological polar surface area (TPSA) is 92.9 Å². The lowest BCUT2D eigenvalue weighted by Crippen LogP contribution is -2.34. The molecule has 29 heavy (non-hydrogen) atoms. The molecule has 0 spiro atoms. The van der Waals surface area contributed by atoms with E-state index >= 15 is 0 Å². The zero-order valence-electron chi connectivity index (χ0n) is 16.5. The van der Waals surface area contributed by atoms with Crippen molar-refractivity contribution in [3.63, 3.8) is 0 Å². The van der Waals surface area contributed by atoms with Gasteiger partial charge in [-0.25, -0.2) is 9.97 Å². The third-order valence-electron chi connectivity index (χ3n) is 5.41. The minimum Gasteiger partial charge on any atom is -0.382 e. The SMILES string of the molecule is CNC(=O)c1nc(-c2cccc(CN[C@@H]3CCc4ccccc4C3)c2)cnc1N. The monoisotopic (exact) mass is 387 g/mol. The lowest BCUT2D eigenvalue weighted by Gasteiger charge is -2.25. The molecule has 4 N–H and O–H groups in total. The fourth-order valence-corrected chi connectivity index (χ4v) is 3.80. The van der Waals surface area contributed by atoms with Gasteiger partial charge in [0.15, 0.2) is 11.5 Å². The van der Waals surface area contributed by atoms with Gasteiger partial charge in [-0.2, -0.15) is 0 Å². The number of carbonyl (C=O) groups excluding carboxylic acids is 1. The van der Waals surface area contributed by atoms with E-state index in [1.807, 2.05) is 12.1 Å². The van der Waals surface area contributed by atoms with Gasteiger partial charge in [0.05, 0.1) is 11.9 Å². The second-order valence-electron chi connectivity index (χ2n) is 7.36. The van der Waals surface area contributed by atoms with Crippen molar-refractivity contribution in [2.75, 3.05) is 12.8 Å². The number of nitrogens with one attached hydrogen (secondary N) is 2. The number of benzene rings is 2. The van der Waals surface area contributed by atoms with Crippen molar-refractivity contribution in [2.24, 2.45) is 0 Å². The average molecular weight is 387 g/mol. The van der Waals surface area contributed by atoms with Gasteiger partial charge in [0.2, 0.25) is 0 Å². The number of nitrogens with zero attached hydrogens (tertiary/aromatic N) is 2. The summed E-state index contributed by atoms with van der Waals surface area (Å²) in [4.78, 5) is 20.5. The molecule has 1 atom stereocenters. The zero-order valence-corrected chi connectivity index (χ0v) is 16.5. The van der Waals surface area contributed by atoms with Crippen molar-refractivity contribution in [1.29, 1.82) is 0 Å². The molecule has 1 heterocycles. The molecule has 0 unspecified atom stereocenters. The average Bonchev–Trinajstić information content (AvgIpc) is 2.77. The number of hydrogen-bond acceptors (Lipinski definition) is 5. The fourth-order valence-electron chi connectivity index (χ4n) is 3.80.